The number of allylic oxidation sites excluding steroid dienone is 9. The summed E-state index contributed by atoms with van der Waals surface area (Å²) in [6.07, 6.45) is 12.6. The maximum absolute atomic E-state index is 11.8. The van der Waals surface area contributed by atoms with Crippen LogP contribution in [0.25, 0.3) is 0 Å². The summed E-state index contributed by atoms with van der Waals surface area (Å²) < 4.78 is 0. The third kappa shape index (κ3) is 5.85. The molecule has 0 fully saturated rings. The van der Waals surface area contributed by atoms with Crippen LogP contribution < -0.4 is 0 Å². The van der Waals surface area contributed by atoms with Crippen molar-refractivity contribution in [2.24, 2.45) is 5.41 Å². The Bertz CT molecular complexity index is 638. The largest absolute Gasteiger partial charge is 0.478 e. The number of hydrogen-bond donors (Lipinski definition) is 1. The number of carbonyl (C=O) groups excluding carboxylic acids is 1. The molecular formula is C20H26O3. The highest BCUT2D eigenvalue weighted by atomic mass is 16.4. The molecule has 3 nitrogen and oxygen atoms in total. The van der Waals surface area contributed by atoms with E-state index in [1.54, 1.807) is 19.9 Å². The molecule has 1 N–H and O–H groups in total. The maximum Gasteiger partial charge on any atom is 0.328 e. The van der Waals surface area contributed by atoms with Crippen LogP contribution in [0.3, 0.4) is 0 Å². The quantitative estimate of drug-likeness (QED) is 0.567. The third-order valence-electron chi connectivity index (χ3n) is 4.06. The van der Waals surface area contributed by atoms with Gasteiger partial charge < -0.3 is 5.11 Å². The summed E-state index contributed by atoms with van der Waals surface area (Å²) in [6.45, 7) is 9.69. The summed E-state index contributed by atoms with van der Waals surface area (Å²) in [5, 5.41) is 8.65. The fourth-order valence-electron chi connectivity index (χ4n) is 2.67. The van der Waals surface area contributed by atoms with Gasteiger partial charge in [0.05, 0.1) is 0 Å². The molecule has 0 saturated heterocycles. The van der Waals surface area contributed by atoms with Gasteiger partial charge >= 0.3 is 5.97 Å². The number of aliphatic carboxylic acids is 1. The van der Waals surface area contributed by atoms with E-state index >= 15 is 0 Å². The molecule has 0 saturated carbocycles. The average Bonchev–Trinajstić information content (AvgIpc) is 2.70. The fourth-order valence-corrected chi connectivity index (χ4v) is 2.67. The first-order valence-electron chi connectivity index (χ1n) is 7.82. The van der Waals surface area contributed by atoms with E-state index in [4.69, 9.17) is 5.11 Å². The summed E-state index contributed by atoms with van der Waals surface area (Å²) in [4.78, 5) is 22.3. The zero-order valence-electron chi connectivity index (χ0n) is 14.6. The molecule has 0 bridgehead atoms. The Morgan fingerprint density at radius 3 is 2.30 bits per heavy atom. The van der Waals surface area contributed by atoms with Crippen LogP contribution in [0, 0.1) is 5.41 Å². The minimum Gasteiger partial charge on any atom is -0.478 e. The normalized spacial score (nSPS) is 19.2. The summed E-state index contributed by atoms with van der Waals surface area (Å²) in [6, 6.07) is 0. The van der Waals surface area contributed by atoms with Crippen molar-refractivity contribution in [3.05, 3.63) is 58.7 Å². The zero-order valence-corrected chi connectivity index (χ0v) is 14.6. The minimum absolute atomic E-state index is 0.0361. The number of Topliss-reactive ketones (excluding diaryl/α,β-unsaturated/α-hetero) is 1. The van der Waals surface area contributed by atoms with Gasteiger partial charge in [-0.25, -0.2) is 4.79 Å². The van der Waals surface area contributed by atoms with Gasteiger partial charge in [-0.1, -0.05) is 49.8 Å². The van der Waals surface area contributed by atoms with Crippen molar-refractivity contribution in [1.82, 2.24) is 0 Å². The second kappa shape index (κ2) is 7.91. The van der Waals surface area contributed by atoms with Crippen LogP contribution >= 0.6 is 0 Å². The van der Waals surface area contributed by atoms with Gasteiger partial charge in [0.25, 0.3) is 0 Å². The molecule has 0 heterocycles. The van der Waals surface area contributed by atoms with Gasteiger partial charge in [0.1, 0.15) is 0 Å². The molecule has 0 radical (unpaired) electrons. The highest BCUT2D eigenvalue weighted by molar-refractivity contribution is 5.95. The van der Waals surface area contributed by atoms with Gasteiger partial charge in [-0.15, -0.1) is 0 Å². The Morgan fingerprint density at radius 1 is 1.09 bits per heavy atom. The summed E-state index contributed by atoms with van der Waals surface area (Å²) in [7, 11) is 0. The lowest BCUT2D eigenvalue weighted by Crippen LogP contribution is -2.09. The van der Waals surface area contributed by atoms with E-state index in [1.807, 2.05) is 31.2 Å². The SMILES string of the molecule is CC(=O)C1=C(/C=C/C(C)=C/C=C/C(C)=C/C(=O)O)C(C)(C)CC1. The topological polar surface area (TPSA) is 54.4 Å². The lowest BCUT2D eigenvalue weighted by molar-refractivity contribution is -0.131. The number of carboxylic acid groups (broad SMARTS) is 1. The molecule has 1 aliphatic rings. The highest BCUT2D eigenvalue weighted by Gasteiger charge is 2.32. The van der Waals surface area contributed by atoms with Crippen LogP contribution in [0.4, 0.5) is 0 Å². The van der Waals surface area contributed by atoms with Crippen LogP contribution in [0.2, 0.25) is 0 Å². The van der Waals surface area contributed by atoms with Crippen molar-refractivity contribution in [3.63, 3.8) is 0 Å². The first kappa shape index (κ1) is 18.9. The molecule has 0 unspecified atom stereocenters. The van der Waals surface area contributed by atoms with Gasteiger partial charge in [0.2, 0.25) is 0 Å². The zero-order chi connectivity index (χ0) is 17.6. The molecule has 1 rings (SSSR count). The molecule has 0 atom stereocenters. The van der Waals surface area contributed by atoms with Crippen LogP contribution in [-0.4, -0.2) is 16.9 Å². The van der Waals surface area contributed by atoms with Crippen molar-refractivity contribution in [3.8, 4) is 0 Å². The Morgan fingerprint density at radius 2 is 1.74 bits per heavy atom. The number of carbonyl (C=O) groups is 2. The van der Waals surface area contributed by atoms with E-state index in [1.165, 1.54) is 6.08 Å². The number of rotatable bonds is 6. The number of hydrogen-bond acceptors (Lipinski definition) is 2. The molecule has 3 heteroatoms. The molecule has 0 spiro atoms. The van der Waals surface area contributed by atoms with Crippen molar-refractivity contribution < 1.29 is 14.7 Å². The molecule has 0 aromatic rings. The summed E-state index contributed by atoms with van der Waals surface area (Å²) in [5.74, 6) is -0.786. The molecule has 23 heavy (non-hydrogen) atoms. The second-order valence-corrected chi connectivity index (χ2v) is 6.66. The van der Waals surface area contributed by atoms with Crippen molar-refractivity contribution >= 4 is 11.8 Å². The Hall–Kier alpha value is -2.16. The summed E-state index contributed by atoms with van der Waals surface area (Å²) in [5.41, 5.74) is 3.83. The molecule has 0 aromatic carbocycles. The first-order valence-corrected chi connectivity index (χ1v) is 7.82. The van der Waals surface area contributed by atoms with Crippen LogP contribution in [0.15, 0.2) is 58.7 Å². The highest BCUT2D eigenvalue weighted by Crippen LogP contribution is 2.43. The smallest absolute Gasteiger partial charge is 0.328 e. The van der Waals surface area contributed by atoms with Crippen LogP contribution in [0.5, 0.6) is 0 Å². The van der Waals surface area contributed by atoms with E-state index in [-0.39, 0.29) is 11.2 Å². The molecule has 0 amide bonds. The van der Waals surface area contributed by atoms with Crippen molar-refractivity contribution in [1.29, 1.82) is 0 Å². The van der Waals surface area contributed by atoms with E-state index in [2.05, 4.69) is 13.8 Å². The van der Waals surface area contributed by atoms with E-state index < -0.39 is 5.97 Å². The maximum atomic E-state index is 11.8. The van der Waals surface area contributed by atoms with E-state index in [0.29, 0.717) is 5.57 Å². The van der Waals surface area contributed by atoms with Crippen LogP contribution in [-0.2, 0) is 9.59 Å². The Kier molecular flexibility index (Phi) is 6.49. The molecule has 1 aliphatic carbocycles. The lowest BCUT2D eigenvalue weighted by Gasteiger charge is -2.20. The fraction of sp³-hybridized carbons (Fsp3) is 0.400. The standard InChI is InChI=1S/C20H26O3/c1-14(7-6-8-15(2)13-19(22)23)9-10-18-17(16(3)21)11-12-20(18,4)5/h6-10,13H,11-12H2,1-5H3,(H,22,23)/b8-6+,10-9+,14-7+,15-13+. The van der Waals surface area contributed by atoms with Gasteiger partial charge in [-0.3, -0.25) is 4.79 Å². The monoisotopic (exact) mass is 314 g/mol. The third-order valence-corrected chi connectivity index (χ3v) is 4.06. The minimum atomic E-state index is -0.945. The van der Waals surface area contributed by atoms with Crippen LogP contribution in [0.1, 0.15) is 47.5 Å². The number of ketones is 1. The predicted molar refractivity (Wildman–Crippen MR) is 94.2 cm³/mol. The Labute approximate surface area is 138 Å². The lowest BCUT2D eigenvalue weighted by atomic mass is 9.84. The molecule has 0 aliphatic heterocycles. The Balaban J connectivity index is 2.89. The van der Waals surface area contributed by atoms with E-state index in [9.17, 15) is 9.59 Å². The van der Waals surface area contributed by atoms with Crippen molar-refractivity contribution in [2.75, 3.05) is 0 Å². The first-order chi connectivity index (χ1) is 10.6. The van der Waals surface area contributed by atoms with Gasteiger partial charge in [-0.2, -0.15) is 0 Å². The number of carboxylic acids is 1. The van der Waals surface area contributed by atoms with Gasteiger partial charge in [0, 0.05) is 6.08 Å². The summed E-state index contributed by atoms with van der Waals surface area (Å²) >= 11 is 0. The second-order valence-electron chi connectivity index (χ2n) is 6.66. The predicted octanol–water partition coefficient (Wildman–Crippen LogP) is 4.78. The molecular weight excluding hydrogens is 288 g/mol. The molecule has 124 valence electrons. The average molecular weight is 314 g/mol. The van der Waals surface area contributed by atoms with Gasteiger partial charge in [0.15, 0.2) is 5.78 Å². The van der Waals surface area contributed by atoms with Gasteiger partial charge in [-0.05, 0) is 55.7 Å². The van der Waals surface area contributed by atoms with E-state index in [0.717, 1.165) is 29.6 Å². The molecule has 0 aromatic heterocycles. The van der Waals surface area contributed by atoms with Crippen molar-refractivity contribution in [2.45, 2.75) is 47.5 Å².